The first kappa shape index (κ1) is 13.8. The Morgan fingerprint density at radius 1 is 1.42 bits per heavy atom. The van der Waals surface area contributed by atoms with Crippen molar-refractivity contribution in [2.24, 2.45) is 0 Å². The molecule has 1 aromatic heterocycles. The fourth-order valence-corrected chi connectivity index (χ4v) is 2.41. The number of carboxylic acids is 1. The van der Waals surface area contributed by atoms with Crippen molar-refractivity contribution in [1.82, 2.24) is 4.98 Å². The fourth-order valence-electron chi connectivity index (χ4n) is 1.59. The summed E-state index contributed by atoms with van der Waals surface area (Å²) in [5.41, 5.74) is 1.50. The quantitative estimate of drug-likeness (QED) is 0.888. The van der Waals surface area contributed by atoms with Crippen LogP contribution in [-0.4, -0.2) is 16.1 Å². The van der Waals surface area contributed by atoms with E-state index in [-0.39, 0.29) is 5.56 Å². The van der Waals surface area contributed by atoms with E-state index in [1.54, 1.807) is 24.4 Å². The van der Waals surface area contributed by atoms with E-state index in [4.69, 9.17) is 16.7 Å². The number of halogens is 2. The van der Waals surface area contributed by atoms with Crippen LogP contribution in [0.15, 0.2) is 41.0 Å². The van der Waals surface area contributed by atoms with Gasteiger partial charge in [-0.15, -0.1) is 0 Å². The normalized spacial score (nSPS) is 10.2. The molecule has 4 nitrogen and oxygen atoms in total. The van der Waals surface area contributed by atoms with Crippen molar-refractivity contribution < 1.29 is 9.90 Å². The van der Waals surface area contributed by atoms with Crippen molar-refractivity contribution >= 4 is 39.2 Å². The zero-order chi connectivity index (χ0) is 13.8. The molecule has 19 heavy (non-hydrogen) atoms. The van der Waals surface area contributed by atoms with E-state index in [0.29, 0.717) is 17.3 Å². The third kappa shape index (κ3) is 3.45. The lowest BCUT2D eigenvalue weighted by Crippen LogP contribution is -2.09. The van der Waals surface area contributed by atoms with Crippen molar-refractivity contribution in [1.29, 1.82) is 0 Å². The van der Waals surface area contributed by atoms with E-state index in [1.807, 2.05) is 6.07 Å². The van der Waals surface area contributed by atoms with Gasteiger partial charge < -0.3 is 10.4 Å². The number of carbonyl (C=O) groups is 1. The molecule has 2 N–H and O–H groups in total. The highest BCUT2D eigenvalue weighted by Gasteiger charge is 2.10. The van der Waals surface area contributed by atoms with Gasteiger partial charge >= 0.3 is 5.97 Å². The smallest absolute Gasteiger partial charge is 0.337 e. The van der Waals surface area contributed by atoms with Crippen LogP contribution in [0.3, 0.4) is 0 Å². The van der Waals surface area contributed by atoms with Gasteiger partial charge in [0.2, 0.25) is 0 Å². The molecule has 0 aliphatic heterocycles. The standard InChI is InChI=1S/C13H10BrClN2O2/c14-10-6-8(15)3-4-11(10)17-7-12-9(13(18)19)2-1-5-16-12/h1-6,17H,7H2,(H,18,19). The minimum Gasteiger partial charge on any atom is -0.478 e. The molecule has 0 spiro atoms. The maximum atomic E-state index is 11.1. The number of pyridine rings is 1. The second-order valence-electron chi connectivity index (χ2n) is 3.78. The Balaban J connectivity index is 2.17. The van der Waals surface area contributed by atoms with Gasteiger partial charge in [0.25, 0.3) is 0 Å². The van der Waals surface area contributed by atoms with Gasteiger partial charge in [0.15, 0.2) is 0 Å². The Labute approximate surface area is 123 Å². The molecule has 2 aromatic rings. The summed E-state index contributed by atoms with van der Waals surface area (Å²) < 4.78 is 0.813. The Bertz CT molecular complexity index is 619. The molecule has 0 saturated carbocycles. The van der Waals surface area contributed by atoms with E-state index in [1.165, 1.54) is 6.07 Å². The molecule has 0 unspecified atom stereocenters. The Morgan fingerprint density at radius 3 is 2.89 bits per heavy atom. The molecule has 0 radical (unpaired) electrons. The van der Waals surface area contributed by atoms with Gasteiger partial charge in [-0.1, -0.05) is 11.6 Å². The van der Waals surface area contributed by atoms with Crippen molar-refractivity contribution in [3.05, 3.63) is 57.3 Å². The number of aromatic carboxylic acids is 1. The summed E-state index contributed by atoms with van der Waals surface area (Å²) in [6, 6.07) is 8.47. The van der Waals surface area contributed by atoms with Crippen LogP contribution in [0, 0.1) is 0 Å². The first-order chi connectivity index (χ1) is 9.08. The second kappa shape index (κ2) is 6.04. The summed E-state index contributed by atoms with van der Waals surface area (Å²) in [7, 11) is 0. The molecule has 0 amide bonds. The molecule has 1 aromatic carbocycles. The average Bonchev–Trinajstić information content (AvgIpc) is 2.38. The maximum Gasteiger partial charge on any atom is 0.337 e. The number of hydrogen-bond acceptors (Lipinski definition) is 3. The molecule has 2 rings (SSSR count). The van der Waals surface area contributed by atoms with E-state index >= 15 is 0 Å². The van der Waals surface area contributed by atoms with Crippen molar-refractivity contribution in [2.75, 3.05) is 5.32 Å². The van der Waals surface area contributed by atoms with Crippen LogP contribution in [0.5, 0.6) is 0 Å². The fraction of sp³-hybridized carbons (Fsp3) is 0.0769. The predicted octanol–water partition coefficient (Wildman–Crippen LogP) is 3.81. The van der Waals surface area contributed by atoms with Crippen molar-refractivity contribution in [3.8, 4) is 0 Å². The molecule has 1 heterocycles. The van der Waals surface area contributed by atoms with E-state index < -0.39 is 5.97 Å². The topological polar surface area (TPSA) is 62.2 Å². The van der Waals surface area contributed by atoms with Crippen molar-refractivity contribution in [3.63, 3.8) is 0 Å². The van der Waals surface area contributed by atoms with Crippen LogP contribution >= 0.6 is 27.5 Å². The van der Waals surface area contributed by atoms with Gasteiger partial charge in [-0.3, -0.25) is 4.98 Å². The van der Waals surface area contributed by atoms with Gasteiger partial charge in [0, 0.05) is 21.4 Å². The number of anilines is 1. The highest BCUT2D eigenvalue weighted by Crippen LogP contribution is 2.26. The van der Waals surface area contributed by atoms with Crippen molar-refractivity contribution in [2.45, 2.75) is 6.54 Å². The van der Waals surface area contributed by atoms with Crippen LogP contribution in [0.1, 0.15) is 16.1 Å². The molecule has 0 saturated heterocycles. The Morgan fingerprint density at radius 2 is 2.21 bits per heavy atom. The molecule has 0 bridgehead atoms. The molecule has 0 aliphatic rings. The minimum atomic E-state index is -0.986. The Hall–Kier alpha value is -1.59. The Kier molecular flexibility index (Phi) is 4.39. The van der Waals surface area contributed by atoms with Gasteiger partial charge in [-0.25, -0.2) is 4.79 Å². The van der Waals surface area contributed by atoms with Gasteiger partial charge in [-0.05, 0) is 46.3 Å². The zero-order valence-corrected chi connectivity index (χ0v) is 12.1. The third-order valence-corrected chi connectivity index (χ3v) is 3.39. The van der Waals surface area contributed by atoms with Crippen LogP contribution < -0.4 is 5.32 Å². The monoisotopic (exact) mass is 340 g/mol. The van der Waals surface area contributed by atoms with Gasteiger partial charge in [0.05, 0.1) is 17.8 Å². The molecule has 0 fully saturated rings. The number of carboxylic acid groups (broad SMARTS) is 1. The van der Waals surface area contributed by atoms with Crippen LogP contribution in [0.4, 0.5) is 5.69 Å². The summed E-state index contributed by atoms with van der Waals surface area (Å²) >= 11 is 9.24. The third-order valence-electron chi connectivity index (χ3n) is 2.50. The number of nitrogens with zero attached hydrogens (tertiary/aromatic N) is 1. The van der Waals surface area contributed by atoms with E-state index in [2.05, 4.69) is 26.2 Å². The lowest BCUT2D eigenvalue weighted by Gasteiger charge is -2.10. The van der Waals surface area contributed by atoms with Gasteiger partial charge in [0.1, 0.15) is 0 Å². The molecular weight excluding hydrogens is 332 g/mol. The minimum absolute atomic E-state index is 0.195. The summed E-state index contributed by atoms with van der Waals surface area (Å²) in [5.74, 6) is -0.986. The number of nitrogens with one attached hydrogen (secondary N) is 1. The number of hydrogen-bond donors (Lipinski definition) is 2. The highest BCUT2D eigenvalue weighted by molar-refractivity contribution is 9.10. The molecule has 6 heteroatoms. The molecule has 98 valence electrons. The largest absolute Gasteiger partial charge is 0.478 e. The zero-order valence-electron chi connectivity index (χ0n) is 9.73. The summed E-state index contributed by atoms with van der Waals surface area (Å²) in [6.45, 7) is 0.322. The van der Waals surface area contributed by atoms with E-state index in [9.17, 15) is 4.79 Å². The molecular formula is C13H10BrClN2O2. The SMILES string of the molecule is O=C(O)c1cccnc1CNc1ccc(Cl)cc1Br. The number of benzene rings is 1. The van der Waals surface area contributed by atoms with Crippen LogP contribution in [-0.2, 0) is 6.54 Å². The second-order valence-corrected chi connectivity index (χ2v) is 5.07. The van der Waals surface area contributed by atoms with Gasteiger partial charge in [-0.2, -0.15) is 0 Å². The first-order valence-electron chi connectivity index (χ1n) is 5.44. The number of rotatable bonds is 4. The van der Waals surface area contributed by atoms with E-state index in [0.717, 1.165) is 10.2 Å². The average molecular weight is 342 g/mol. The molecule has 0 atom stereocenters. The lowest BCUT2D eigenvalue weighted by molar-refractivity contribution is 0.0695. The van der Waals surface area contributed by atoms with Crippen LogP contribution in [0.25, 0.3) is 0 Å². The summed E-state index contributed by atoms with van der Waals surface area (Å²) in [6.07, 6.45) is 1.57. The predicted molar refractivity (Wildman–Crippen MR) is 77.7 cm³/mol. The van der Waals surface area contributed by atoms with Crippen LogP contribution in [0.2, 0.25) is 5.02 Å². The summed E-state index contributed by atoms with van der Waals surface area (Å²) in [5, 5.41) is 12.8. The summed E-state index contributed by atoms with van der Waals surface area (Å²) in [4.78, 5) is 15.1. The number of aromatic nitrogens is 1. The lowest BCUT2D eigenvalue weighted by atomic mass is 10.2. The molecule has 0 aliphatic carbocycles. The first-order valence-corrected chi connectivity index (χ1v) is 6.61. The highest BCUT2D eigenvalue weighted by atomic mass is 79.9. The maximum absolute atomic E-state index is 11.1.